The second kappa shape index (κ2) is 3.30. The third-order valence-electron chi connectivity index (χ3n) is 2.23. The van der Waals surface area contributed by atoms with Crippen molar-refractivity contribution in [3.63, 3.8) is 0 Å². The molecule has 1 atom stereocenters. The molecule has 0 spiro atoms. The number of anilines is 1. The fourth-order valence-electron chi connectivity index (χ4n) is 1.55. The molecule has 2 rings (SSSR count). The Labute approximate surface area is 77.2 Å². The lowest BCUT2D eigenvalue weighted by Crippen LogP contribution is -2.22. The lowest BCUT2D eigenvalue weighted by atomic mass is 10.3. The first-order valence-electron chi connectivity index (χ1n) is 4.47. The summed E-state index contributed by atoms with van der Waals surface area (Å²) in [4.78, 5) is 10.5. The summed E-state index contributed by atoms with van der Waals surface area (Å²) in [6, 6.07) is 0. The van der Waals surface area contributed by atoms with Crippen molar-refractivity contribution < 1.29 is 5.11 Å². The van der Waals surface area contributed by atoms with E-state index >= 15 is 0 Å². The van der Waals surface area contributed by atoms with Crippen molar-refractivity contribution >= 4 is 5.82 Å². The Kier molecular flexibility index (Phi) is 2.14. The minimum atomic E-state index is -0.206. The van der Waals surface area contributed by atoms with Crippen molar-refractivity contribution in [1.82, 2.24) is 9.97 Å². The lowest BCUT2D eigenvalue weighted by molar-refractivity contribution is 0.198. The van der Waals surface area contributed by atoms with E-state index in [9.17, 15) is 5.11 Å². The molecule has 1 aliphatic heterocycles. The van der Waals surface area contributed by atoms with Gasteiger partial charge in [-0.1, -0.05) is 0 Å². The van der Waals surface area contributed by atoms with E-state index in [1.54, 1.807) is 12.4 Å². The molecule has 1 aromatic heterocycles. The van der Waals surface area contributed by atoms with Crippen molar-refractivity contribution in [3.05, 3.63) is 18.1 Å². The van der Waals surface area contributed by atoms with Gasteiger partial charge in [-0.3, -0.25) is 4.98 Å². The number of nitrogens with zero attached hydrogens (tertiary/aromatic N) is 3. The van der Waals surface area contributed by atoms with Crippen LogP contribution >= 0.6 is 0 Å². The number of rotatable bonds is 1. The molecular formula is C9H13N3O. The van der Waals surface area contributed by atoms with Gasteiger partial charge in [0.2, 0.25) is 0 Å². The predicted octanol–water partition coefficient (Wildman–Crippen LogP) is 0.356. The van der Waals surface area contributed by atoms with Gasteiger partial charge in [-0.25, -0.2) is 4.98 Å². The highest BCUT2D eigenvalue weighted by molar-refractivity contribution is 5.37. The second-order valence-corrected chi connectivity index (χ2v) is 3.41. The molecule has 0 radical (unpaired) electrons. The molecule has 0 aromatic carbocycles. The smallest absolute Gasteiger partial charge is 0.147 e. The molecular weight excluding hydrogens is 166 g/mol. The minimum absolute atomic E-state index is 0.206. The highest BCUT2D eigenvalue weighted by Gasteiger charge is 2.21. The standard InChI is InChI=1S/C9H13N3O/c1-7-4-10-5-9(11-7)12-3-2-8(13)6-12/h4-5,8,13H,2-3,6H2,1H3/t8-/m0/s1. The van der Waals surface area contributed by atoms with Crippen LogP contribution in [-0.4, -0.2) is 34.3 Å². The second-order valence-electron chi connectivity index (χ2n) is 3.41. The van der Waals surface area contributed by atoms with Crippen LogP contribution in [0.5, 0.6) is 0 Å². The van der Waals surface area contributed by atoms with Crippen molar-refractivity contribution in [3.8, 4) is 0 Å². The molecule has 1 N–H and O–H groups in total. The molecule has 1 aliphatic rings. The molecule has 1 aromatic rings. The van der Waals surface area contributed by atoms with Crippen LogP contribution in [0.25, 0.3) is 0 Å². The van der Waals surface area contributed by atoms with Crippen LogP contribution in [0.3, 0.4) is 0 Å². The van der Waals surface area contributed by atoms with Gasteiger partial charge in [0, 0.05) is 19.3 Å². The van der Waals surface area contributed by atoms with Gasteiger partial charge >= 0.3 is 0 Å². The van der Waals surface area contributed by atoms with Gasteiger partial charge < -0.3 is 10.0 Å². The maximum atomic E-state index is 9.34. The van der Waals surface area contributed by atoms with Gasteiger partial charge in [0.05, 0.1) is 18.0 Å². The highest BCUT2D eigenvalue weighted by Crippen LogP contribution is 2.16. The van der Waals surface area contributed by atoms with E-state index in [1.165, 1.54) is 0 Å². The Morgan fingerprint density at radius 2 is 2.38 bits per heavy atom. The summed E-state index contributed by atoms with van der Waals surface area (Å²) in [6.45, 7) is 3.47. The maximum Gasteiger partial charge on any atom is 0.147 e. The predicted molar refractivity (Wildman–Crippen MR) is 49.6 cm³/mol. The number of hydrogen-bond acceptors (Lipinski definition) is 4. The average Bonchev–Trinajstić information content (AvgIpc) is 2.52. The number of aliphatic hydroxyl groups excluding tert-OH is 1. The quantitative estimate of drug-likeness (QED) is 0.676. The number of hydrogen-bond donors (Lipinski definition) is 1. The summed E-state index contributed by atoms with van der Waals surface area (Å²) in [7, 11) is 0. The molecule has 2 heterocycles. The molecule has 4 heteroatoms. The van der Waals surface area contributed by atoms with E-state index in [4.69, 9.17) is 0 Å². The van der Waals surface area contributed by atoms with Crippen LogP contribution in [-0.2, 0) is 0 Å². The van der Waals surface area contributed by atoms with Gasteiger partial charge in [0.15, 0.2) is 0 Å². The van der Waals surface area contributed by atoms with Crippen molar-refractivity contribution in [2.45, 2.75) is 19.4 Å². The van der Waals surface area contributed by atoms with E-state index in [1.807, 2.05) is 6.92 Å². The monoisotopic (exact) mass is 179 g/mol. The van der Waals surface area contributed by atoms with Crippen LogP contribution in [0.4, 0.5) is 5.82 Å². The normalized spacial score (nSPS) is 22.3. The first kappa shape index (κ1) is 8.44. The van der Waals surface area contributed by atoms with Gasteiger partial charge in [-0.15, -0.1) is 0 Å². The fourth-order valence-corrected chi connectivity index (χ4v) is 1.55. The van der Waals surface area contributed by atoms with Gasteiger partial charge in [-0.2, -0.15) is 0 Å². The lowest BCUT2D eigenvalue weighted by Gasteiger charge is -2.15. The van der Waals surface area contributed by atoms with Crippen LogP contribution in [0, 0.1) is 6.92 Å². The van der Waals surface area contributed by atoms with Gasteiger partial charge in [0.1, 0.15) is 5.82 Å². The Balaban J connectivity index is 2.16. The highest BCUT2D eigenvalue weighted by atomic mass is 16.3. The van der Waals surface area contributed by atoms with Crippen molar-refractivity contribution in [1.29, 1.82) is 0 Å². The van der Waals surface area contributed by atoms with Gasteiger partial charge in [-0.05, 0) is 13.3 Å². The fraction of sp³-hybridized carbons (Fsp3) is 0.556. The Morgan fingerprint density at radius 1 is 1.54 bits per heavy atom. The van der Waals surface area contributed by atoms with Gasteiger partial charge in [0.25, 0.3) is 0 Å². The Bertz CT molecular complexity index is 303. The minimum Gasteiger partial charge on any atom is -0.391 e. The first-order valence-corrected chi connectivity index (χ1v) is 4.47. The molecule has 13 heavy (non-hydrogen) atoms. The Morgan fingerprint density at radius 3 is 3.00 bits per heavy atom. The number of β-amino-alcohol motifs (C(OH)–C–C–N with tert-alkyl or cyclic N) is 1. The zero-order chi connectivity index (χ0) is 9.26. The van der Waals surface area contributed by atoms with E-state index in [0.717, 1.165) is 24.5 Å². The molecule has 0 aliphatic carbocycles. The molecule has 0 saturated carbocycles. The number of aryl methyl sites for hydroxylation is 1. The summed E-state index contributed by atoms with van der Waals surface area (Å²) >= 11 is 0. The van der Waals surface area contributed by atoms with Crippen LogP contribution in [0.2, 0.25) is 0 Å². The van der Waals surface area contributed by atoms with Crippen molar-refractivity contribution in [2.24, 2.45) is 0 Å². The van der Waals surface area contributed by atoms with E-state index in [0.29, 0.717) is 6.54 Å². The van der Waals surface area contributed by atoms with E-state index < -0.39 is 0 Å². The molecule has 1 fully saturated rings. The molecule has 0 unspecified atom stereocenters. The molecule has 70 valence electrons. The zero-order valence-corrected chi connectivity index (χ0v) is 7.64. The third-order valence-corrected chi connectivity index (χ3v) is 2.23. The number of aliphatic hydroxyl groups is 1. The van der Waals surface area contributed by atoms with Crippen LogP contribution in [0.1, 0.15) is 12.1 Å². The maximum absolute atomic E-state index is 9.34. The SMILES string of the molecule is Cc1cncc(N2CC[C@H](O)C2)n1. The summed E-state index contributed by atoms with van der Waals surface area (Å²) in [5.74, 6) is 0.872. The zero-order valence-electron chi connectivity index (χ0n) is 7.64. The molecule has 1 saturated heterocycles. The molecule has 0 bridgehead atoms. The molecule has 0 amide bonds. The number of aromatic nitrogens is 2. The van der Waals surface area contributed by atoms with E-state index in [2.05, 4.69) is 14.9 Å². The summed E-state index contributed by atoms with van der Waals surface area (Å²) < 4.78 is 0. The summed E-state index contributed by atoms with van der Waals surface area (Å²) in [5, 5.41) is 9.34. The summed E-state index contributed by atoms with van der Waals surface area (Å²) in [5.41, 5.74) is 0.916. The Hall–Kier alpha value is -1.16. The summed E-state index contributed by atoms with van der Waals surface area (Å²) in [6.07, 6.45) is 4.10. The first-order chi connectivity index (χ1) is 6.25. The van der Waals surface area contributed by atoms with Crippen LogP contribution in [0.15, 0.2) is 12.4 Å². The topological polar surface area (TPSA) is 49.2 Å². The van der Waals surface area contributed by atoms with Crippen LogP contribution < -0.4 is 4.90 Å². The van der Waals surface area contributed by atoms with Crippen molar-refractivity contribution in [2.75, 3.05) is 18.0 Å². The molecule has 4 nitrogen and oxygen atoms in total. The van der Waals surface area contributed by atoms with E-state index in [-0.39, 0.29) is 6.10 Å². The average molecular weight is 179 g/mol. The third kappa shape index (κ3) is 1.78. The largest absolute Gasteiger partial charge is 0.391 e.